The van der Waals surface area contributed by atoms with Gasteiger partial charge in [-0.15, -0.1) is 0 Å². The average Bonchev–Trinajstić information content (AvgIpc) is 2.75. The zero-order valence-corrected chi connectivity index (χ0v) is 20.1. The van der Waals surface area contributed by atoms with E-state index in [0.29, 0.717) is 12.1 Å². The highest BCUT2D eigenvalue weighted by Gasteiger charge is 2.25. The first-order valence-corrected chi connectivity index (χ1v) is 11.5. The van der Waals surface area contributed by atoms with E-state index in [1.165, 1.54) is 5.56 Å². The molecule has 0 saturated carbocycles. The lowest BCUT2D eigenvalue weighted by Gasteiger charge is -2.32. The number of carbonyl (C=O) groups is 2. The highest BCUT2D eigenvalue weighted by molar-refractivity contribution is 5.96. The van der Waals surface area contributed by atoms with Gasteiger partial charge in [0, 0.05) is 44.8 Å². The Bertz CT molecular complexity index is 901. The van der Waals surface area contributed by atoms with E-state index in [1.54, 1.807) is 20.8 Å². The molecule has 0 radical (unpaired) electrons. The number of carbonyl (C=O) groups excluding carboxylic acids is 2. The Kier molecular flexibility index (Phi) is 8.47. The van der Waals surface area contributed by atoms with E-state index in [1.807, 2.05) is 54.6 Å². The molecular weight excluding hydrogens is 416 g/mol. The van der Waals surface area contributed by atoms with E-state index in [0.717, 1.165) is 38.3 Å². The molecule has 0 aromatic heterocycles. The number of benzene rings is 2. The molecule has 7 heteroatoms. The maximum atomic E-state index is 13.1. The minimum atomic E-state index is -0.757. The van der Waals surface area contributed by atoms with Crippen molar-refractivity contribution < 1.29 is 14.3 Å². The van der Waals surface area contributed by atoms with Crippen LogP contribution in [0.3, 0.4) is 0 Å². The molecule has 2 amide bonds. The third kappa shape index (κ3) is 8.51. The molecule has 1 heterocycles. The first-order valence-electron chi connectivity index (χ1n) is 11.5. The van der Waals surface area contributed by atoms with E-state index in [-0.39, 0.29) is 5.91 Å². The van der Waals surface area contributed by atoms with Gasteiger partial charge in [-0.05, 0) is 51.1 Å². The number of alkyl carbamates (subject to hydrolysis) is 1. The summed E-state index contributed by atoms with van der Waals surface area (Å²) in [5.74, 6) is -0.281. The molecule has 1 atom stereocenters. The van der Waals surface area contributed by atoms with Crippen LogP contribution in [0, 0.1) is 0 Å². The van der Waals surface area contributed by atoms with Crippen LogP contribution in [0.1, 0.15) is 31.9 Å². The van der Waals surface area contributed by atoms with E-state index < -0.39 is 17.7 Å². The van der Waals surface area contributed by atoms with Crippen molar-refractivity contribution in [2.24, 2.45) is 0 Å². The van der Waals surface area contributed by atoms with Gasteiger partial charge in [-0.25, -0.2) is 4.79 Å². The number of hydrogen-bond acceptors (Lipinski definition) is 5. The fraction of sp³-hybridized carbons (Fsp3) is 0.462. The maximum absolute atomic E-state index is 13.1. The summed E-state index contributed by atoms with van der Waals surface area (Å²) < 4.78 is 5.36. The van der Waals surface area contributed by atoms with Crippen molar-refractivity contribution >= 4 is 17.7 Å². The van der Waals surface area contributed by atoms with E-state index >= 15 is 0 Å². The molecule has 3 rings (SSSR count). The normalized spacial score (nSPS) is 16.1. The highest BCUT2D eigenvalue weighted by atomic mass is 16.6. The van der Waals surface area contributed by atoms with Crippen LogP contribution in [-0.2, 0) is 22.5 Å². The Balaban J connectivity index is 1.62. The predicted octanol–water partition coefficient (Wildman–Crippen LogP) is 3.51. The number of rotatable bonds is 7. The van der Waals surface area contributed by atoms with Crippen molar-refractivity contribution in [3.8, 4) is 0 Å². The first kappa shape index (κ1) is 24.7. The molecule has 1 fully saturated rings. The van der Waals surface area contributed by atoms with Crippen molar-refractivity contribution in [3.05, 3.63) is 65.7 Å². The van der Waals surface area contributed by atoms with Gasteiger partial charge in [-0.2, -0.15) is 0 Å². The Morgan fingerprint density at radius 1 is 0.939 bits per heavy atom. The molecule has 0 spiro atoms. The van der Waals surface area contributed by atoms with Gasteiger partial charge in [0.25, 0.3) is 0 Å². The zero-order valence-electron chi connectivity index (χ0n) is 20.1. The van der Waals surface area contributed by atoms with Gasteiger partial charge < -0.3 is 20.3 Å². The Labute approximate surface area is 197 Å². The minimum absolute atomic E-state index is 0.281. The molecule has 1 aliphatic rings. The van der Waals surface area contributed by atoms with Crippen LogP contribution in [0.25, 0.3) is 0 Å². The van der Waals surface area contributed by atoms with Crippen molar-refractivity contribution in [1.82, 2.24) is 15.1 Å². The van der Waals surface area contributed by atoms with Crippen LogP contribution in [0.5, 0.6) is 0 Å². The third-order valence-corrected chi connectivity index (χ3v) is 5.51. The van der Waals surface area contributed by atoms with Crippen LogP contribution in [-0.4, -0.2) is 66.7 Å². The summed E-state index contributed by atoms with van der Waals surface area (Å²) in [6, 6.07) is 16.8. The smallest absolute Gasteiger partial charge is 0.408 e. The zero-order chi connectivity index (χ0) is 23.8. The minimum Gasteiger partial charge on any atom is -0.444 e. The number of nitrogens with zero attached hydrogens (tertiary/aromatic N) is 2. The standard InChI is InChI=1S/C26H36N4O3/c1-26(2,3)33-25(32)28-23(18-20-8-6-5-7-9-20)24(31)27-22-12-10-21(11-13-22)19-30-16-14-29(4)15-17-30/h5-13,23H,14-19H2,1-4H3,(H,27,31)(H,28,32). The average molecular weight is 453 g/mol. The Morgan fingerprint density at radius 2 is 1.58 bits per heavy atom. The van der Waals surface area contributed by atoms with Gasteiger partial charge in [0.1, 0.15) is 11.6 Å². The number of nitrogens with one attached hydrogen (secondary N) is 2. The first-order chi connectivity index (χ1) is 15.7. The largest absolute Gasteiger partial charge is 0.444 e. The second-order valence-corrected chi connectivity index (χ2v) is 9.65. The maximum Gasteiger partial charge on any atom is 0.408 e. The van der Waals surface area contributed by atoms with Crippen LogP contribution < -0.4 is 10.6 Å². The van der Waals surface area contributed by atoms with Crippen molar-refractivity contribution in [2.75, 3.05) is 38.5 Å². The molecule has 0 aliphatic carbocycles. The van der Waals surface area contributed by atoms with E-state index in [9.17, 15) is 9.59 Å². The summed E-state index contributed by atoms with van der Waals surface area (Å²) in [6.07, 6.45) is -0.242. The summed E-state index contributed by atoms with van der Waals surface area (Å²) >= 11 is 0. The monoisotopic (exact) mass is 452 g/mol. The van der Waals surface area contributed by atoms with Crippen LogP contribution in [0.15, 0.2) is 54.6 Å². The predicted molar refractivity (Wildman–Crippen MR) is 131 cm³/mol. The molecule has 33 heavy (non-hydrogen) atoms. The van der Waals surface area contributed by atoms with Gasteiger partial charge in [0.2, 0.25) is 5.91 Å². The number of ether oxygens (including phenoxy) is 1. The van der Waals surface area contributed by atoms with Gasteiger partial charge >= 0.3 is 6.09 Å². The molecule has 0 bridgehead atoms. The molecule has 178 valence electrons. The fourth-order valence-electron chi connectivity index (χ4n) is 3.70. The molecule has 1 saturated heterocycles. The Morgan fingerprint density at radius 3 is 2.18 bits per heavy atom. The second-order valence-electron chi connectivity index (χ2n) is 9.65. The molecule has 7 nitrogen and oxygen atoms in total. The summed E-state index contributed by atoms with van der Waals surface area (Å²) in [5.41, 5.74) is 2.23. The second kappa shape index (κ2) is 11.3. The number of anilines is 1. The van der Waals surface area contributed by atoms with Gasteiger partial charge in [-0.1, -0.05) is 42.5 Å². The molecular formula is C26H36N4O3. The summed E-state index contributed by atoms with van der Waals surface area (Å²) in [6.45, 7) is 10.6. The van der Waals surface area contributed by atoms with Gasteiger partial charge in [0.15, 0.2) is 0 Å². The quantitative estimate of drug-likeness (QED) is 0.673. The van der Waals surface area contributed by atoms with E-state index in [4.69, 9.17) is 4.74 Å². The number of amides is 2. The SMILES string of the molecule is CN1CCN(Cc2ccc(NC(=O)C(Cc3ccccc3)NC(=O)OC(C)(C)C)cc2)CC1. The summed E-state index contributed by atoms with van der Waals surface area (Å²) in [5, 5.41) is 5.66. The molecule has 1 unspecified atom stereocenters. The summed E-state index contributed by atoms with van der Waals surface area (Å²) in [4.78, 5) is 30.2. The molecule has 2 aromatic rings. The van der Waals surface area contributed by atoms with Crippen LogP contribution in [0.4, 0.5) is 10.5 Å². The highest BCUT2D eigenvalue weighted by Crippen LogP contribution is 2.14. The van der Waals surface area contributed by atoms with Crippen LogP contribution in [0.2, 0.25) is 0 Å². The number of likely N-dealkylation sites (N-methyl/N-ethyl adjacent to an activating group) is 1. The van der Waals surface area contributed by atoms with Crippen molar-refractivity contribution in [3.63, 3.8) is 0 Å². The Hall–Kier alpha value is -2.90. The topological polar surface area (TPSA) is 73.9 Å². The fourth-order valence-corrected chi connectivity index (χ4v) is 3.70. The lowest BCUT2D eigenvalue weighted by atomic mass is 10.1. The number of piperazine rings is 1. The third-order valence-electron chi connectivity index (χ3n) is 5.51. The van der Waals surface area contributed by atoms with Gasteiger partial charge in [-0.3, -0.25) is 9.69 Å². The lowest BCUT2D eigenvalue weighted by Crippen LogP contribution is -2.47. The molecule has 2 aromatic carbocycles. The van der Waals surface area contributed by atoms with Crippen molar-refractivity contribution in [2.45, 2.75) is 45.4 Å². The van der Waals surface area contributed by atoms with E-state index in [2.05, 4.69) is 27.5 Å². The molecule has 1 aliphatic heterocycles. The lowest BCUT2D eigenvalue weighted by molar-refractivity contribution is -0.118. The van der Waals surface area contributed by atoms with Crippen LogP contribution >= 0.6 is 0 Å². The molecule has 2 N–H and O–H groups in total. The number of hydrogen-bond donors (Lipinski definition) is 2. The van der Waals surface area contributed by atoms with Crippen molar-refractivity contribution in [1.29, 1.82) is 0 Å². The summed E-state index contributed by atoms with van der Waals surface area (Å²) in [7, 11) is 2.15. The van der Waals surface area contributed by atoms with Gasteiger partial charge in [0.05, 0.1) is 0 Å².